The van der Waals surface area contributed by atoms with Crippen molar-refractivity contribution in [3.8, 4) is 0 Å². The van der Waals surface area contributed by atoms with Gasteiger partial charge in [-0.05, 0) is 43.1 Å². The van der Waals surface area contributed by atoms with Gasteiger partial charge in [-0.15, -0.1) is 21.5 Å². The Hall–Kier alpha value is -0.600. The minimum Gasteiger partial charge on any atom is -0.285 e. The minimum atomic E-state index is -0.239. The second-order valence-corrected chi connectivity index (χ2v) is 6.42. The number of rotatable bonds is 2. The predicted octanol–water partition coefficient (Wildman–Crippen LogP) is 2.03. The lowest BCUT2D eigenvalue weighted by molar-refractivity contribution is 0.102. The van der Waals surface area contributed by atoms with Gasteiger partial charge < -0.3 is 0 Å². The van der Waals surface area contributed by atoms with E-state index in [1.807, 2.05) is 0 Å². The maximum absolute atomic E-state index is 11.9. The van der Waals surface area contributed by atoms with E-state index in [1.54, 1.807) is 13.1 Å². The van der Waals surface area contributed by atoms with E-state index in [4.69, 9.17) is 0 Å². The van der Waals surface area contributed by atoms with E-state index in [0.29, 0.717) is 5.56 Å². The van der Waals surface area contributed by atoms with E-state index in [-0.39, 0.29) is 11.6 Å². The van der Waals surface area contributed by atoms with Crippen molar-refractivity contribution >= 4 is 49.0 Å². The molecule has 0 radical (unpaired) electrons. The first-order valence-electron chi connectivity index (χ1n) is 3.81. The monoisotopic (exact) mass is 350 g/mol. The second-order valence-electron chi connectivity index (χ2n) is 2.67. The number of halogens is 2. The predicted molar refractivity (Wildman–Crippen MR) is 61.9 cm³/mol. The Labute approximate surface area is 106 Å². The highest BCUT2D eigenvalue weighted by atomic mass is 79.9. The zero-order valence-electron chi connectivity index (χ0n) is 7.44. The number of carbonyl (C=O) groups excluding carboxylic acids is 1. The van der Waals surface area contributed by atoms with Crippen molar-refractivity contribution in [3.63, 3.8) is 0 Å². The number of hydrogen-bond acceptors (Lipinski definition) is 5. The van der Waals surface area contributed by atoms with E-state index >= 15 is 0 Å². The van der Waals surface area contributed by atoms with Crippen molar-refractivity contribution < 1.29 is 4.79 Å². The summed E-state index contributed by atoms with van der Waals surface area (Å²) in [4.78, 5) is 13.1. The Kier molecular flexibility index (Phi) is 2.98. The Morgan fingerprint density at radius 1 is 1.53 bits per heavy atom. The van der Waals surface area contributed by atoms with Crippen molar-refractivity contribution in [1.29, 1.82) is 0 Å². The molecule has 0 aliphatic carbocycles. The van der Waals surface area contributed by atoms with Crippen LogP contribution >= 0.6 is 43.2 Å². The zero-order chi connectivity index (χ0) is 11.0. The number of ketones is 1. The van der Waals surface area contributed by atoms with Crippen LogP contribution in [0, 0.1) is 0 Å². The standard InChI is InChI=1S/C7H4Br2N4OS/c1-13-11-7(10-12-13)5(14)3-2-4(8)15-6(3)9/h2H,1H3. The normalized spacial score (nSPS) is 10.6. The summed E-state index contributed by atoms with van der Waals surface area (Å²) in [5, 5.41) is 11.1. The van der Waals surface area contributed by atoms with Crippen molar-refractivity contribution in [2.45, 2.75) is 0 Å². The summed E-state index contributed by atoms with van der Waals surface area (Å²) in [5.74, 6) is -0.138. The van der Waals surface area contributed by atoms with Gasteiger partial charge in [0.05, 0.1) is 20.2 Å². The third-order valence-corrected chi connectivity index (χ3v) is 3.95. The average molecular weight is 352 g/mol. The summed E-state index contributed by atoms with van der Waals surface area (Å²) in [6.07, 6.45) is 0. The van der Waals surface area contributed by atoms with Crippen molar-refractivity contribution in [2.24, 2.45) is 7.05 Å². The largest absolute Gasteiger partial charge is 0.285 e. The van der Waals surface area contributed by atoms with Gasteiger partial charge in [0, 0.05) is 0 Å². The molecular weight excluding hydrogens is 348 g/mol. The molecule has 0 saturated heterocycles. The van der Waals surface area contributed by atoms with Crippen molar-refractivity contribution in [3.05, 3.63) is 25.0 Å². The SMILES string of the molecule is Cn1nnc(C(=O)c2cc(Br)sc2Br)n1. The molecule has 0 bridgehead atoms. The summed E-state index contributed by atoms with van der Waals surface area (Å²) in [7, 11) is 1.61. The van der Waals surface area contributed by atoms with Crippen LogP contribution in [0.15, 0.2) is 13.6 Å². The molecule has 0 atom stereocenters. The van der Waals surface area contributed by atoms with Gasteiger partial charge in [-0.25, -0.2) is 0 Å². The molecule has 2 heterocycles. The Morgan fingerprint density at radius 3 is 2.73 bits per heavy atom. The molecule has 0 amide bonds. The first-order valence-corrected chi connectivity index (χ1v) is 6.21. The number of nitrogens with zero attached hydrogens (tertiary/aromatic N) is 4. The number of hydrogen-bond donors (Lipinski definition) is 0. The molecule has 8 heteroatoms. The summed E-state index contributed by atoms with van der Waals surface area (Å²) < 4.78 is 1.63. The molecule has 0 aliphatic rings. The minimum absolute atomic E-state index is 0.100. The van der Waals surface area contributed by atoms with Crippen molar-refractivity contribution in [1.82, 2.24) is 20.2 Å². The molecule has 0 aromatic carbocycles. The molecule has 5 nitrogen and oxygen atoms in total. The van der Waals surface area contributed by atoms with E-state index in [0.717, 1.165) is 7.57 Å². The van der Waals surface area contributed by atoms with Gasteiger partial charge in [0.25, 0.3) is 0 Å². The second kappa shape index (κ2) is 4.11. The number of carbonyl (C=O) groups is 1. The fraction of sp³-hybridized carbons (Fsp3) is 0.143. The topological polar surface area (TPSA) is 60.7 Å². The van der Waals surface area contributed by atoms with Gasteiger partial charge in [0.1, 0.15) is 0 Å². The molecule has 0 spiro atoms. The lowest BCUT2D eigenvalue weighted by Crippen LogP contribution is -2.04. The maximum atomic E-state index is 11.9. The first-order chi connectivity index (χ1) is 7.08. The lowest BCUT2D eigenvalue weighted by Gasteiger charge is -1.90. The van der Waals surface area contributed by atoms with Crippen LogP contribution in [-0.2, 0) is 7.05 Å². The molecule has 0 aliphatic heterocycles. The van der Waals surface area contributed by atoms with E-state index in [1.165, 1.54) is 16.1 Å². The van der Waals surface area contributed by atoms with Gasteiger partial charge >= 0.3 is 0 Å². The molecule has 0 saturated carbocycles. The van der Waals surface area contributed by atoms with Crippen LogP contribution in [0.1, 0.15) is 16.2 Å². The quantitative estimate of drug-likeness (QED) is 0.777. The molecule has 2 aromatic heterocycles. The zero-order valence-corrected chi connectivity index (χ0v) is 11.4. The van der Waals surface area contributed by atoms with Crippen LogP contribution in [-0.4, -0.2) is 26.0 Å². The summed E-state index contributed by atoms with van der Waals surface area (Å²) in [6.45, 7) is 0. The van der Waals surface area contributed by atoms with E-state index in [9.17, 15) is 4.79 Å². The lowest BCUT2D eigenvalue weighted by atomic mass is 10.2. The fourth-order valence-electron chi connectivity index (χ4n) is 0.991. The van der Waals surface area contributed by atoms with Crippen LogP contribution in [0.2, 0.25) is 0 Å². The van der Waals surface area contributed by atoms with Crippen LogP contribution in [0.4, 0.5) is 0 Å². The van der Waals surface area contributed by atoms with Gasteiger partial charge in [-0.1, -0.05) is 0 Å². The summed E-state index contributed by atoms with van der Waals surface area (Å²) >= 11 is 8.04. The average Bonchev–Trinajstić information content (AvgIpc) is 2.71. The fourth-order valence-corrected chi connectivity index (χ4v) is 3.78. The van der Waals surface area contributed by atoms with Gasteiger partial charge in [-0.2, -0.15) is 4.80 Å². The van der Waals surface area contributed by atoms with Crippen LogP contribution in [0.5, 0.6) is 0 Å². The molecule has 2 aromatic rings. The number of aromatic nitrogens is 4. The highest BCUT2D eigenvalue weighted by Gasteiger charge is 2.19. The van der Waals surface area contributed by atoms with Gasteiger partial charge in [0.15, 0.2) is 0 Å². The molecule has 78 valence electrons. The maximum Gasteiger partial charge on any atom is 0.245 e. The molecule has 0 N–H and O–H groups in total. The molecule has 0 unspecified atom stereocenters. The van der Waals surface area contributed by atoms with Crippen LogP contribution in [0.3, 0.4) is 0 Å². The summed E-state index contributed by atoms with van der Waals surface area (Å²) in [6, 6.07) is 1.73. The number of tetrazole rings is 1. The van der Waals surface area contributed by atoms with Gasteiger partial charge in [-0.3, -0.25) is 4.79 Å². The van der Waals surface area contributed by atoms with Crippen LogP contribution < -0.4 is 0 Å². The van der Waals surface area contributed by atoms with E-state index < -0.39 is 0 Å². The molecule has 0 fully saturated rings. The number of thiophene rings is 1. The van der Waals surface area contributed by atoms with E-state index in [2.05, 4.69) is 47.3 Å². The third-order valence-electron chi connectivity index (χ3n) is 1.61. The third kappa shape index (κ3) is 2.16. The molecular formula is C7H4Br2N4OS. The highest BCUT2D eigenvalue weighted by Crippen LogP contribution is 2.32. The Balaban J connectivity index is 2.40. The molecule has 2 rings (SSSR count). The van der Waals surface area contributed by atoms with Crippen LogP contribution in [0.25, 0.3) is 0 Å². The smallest absolute Gasteiger partial charge is 0.245 e. The highest BCUT2D eigenvalue weighted by molar-refractivity contribution is 9.12. The Morgan fingerprint density at radius 2 is 2.27 bits per heavy atom. The first kappa shape index (κ1) is 10.9. The van der Waals surface area contributed by atoms with Crippen molar-refractivity contribution in [2.75, 3.05) is 0 Å². The summed E-state index contributed by atoms with van der Waals surface area (Å²) in [5.41, 5.74) is 0.542. The Bertz CT molecular complexity index is 521. The van der Waals surface area contributed by atoms with Gasteiger partial charge in [0.2, 0.25) is 11.6 Å². The molecule has 15 heavy (non-hydrogen) atoms. The number of aryl methyl sites for hydroxylation is 1.